The number of fused-ring (bicyclic) bond motifs is 1. The van der Waals surface area contributed by atoms with Crippen molar-refractivity contribution in [3.63, 3.8) is 0 Å². The molecule has 1 aromatic heterocycles. The summed E-state index contributed by atoms with van der Waals surface area (Å²) in [6.07, 6.45) is 0. The van der Waals surface area contributed by atoms with E-state index in [0.29, 0.717) is 17.9 Å². The third-order valence-electron chi connectivity index (χ3n) is 2.82. The number of carbonyl (C=O) groups excluding carboxylic acids is 1. The highest BCUT2D eigenvalue weighted by Crippen LogP contribution is 2.30. The van der Waals surface area contributed by atoms with Crippen LogP contribution in [0.2, 0.25) is 0 Å². The van der Waals surface area contributed by atoms with Crippen LogP contribution in [-0.2, 0) is 0 Å². The minimum atomic E-state index is -0.207. The molecule has 0 fully saturated rings. The van der Waals surface area contributed by atoms with Gasteiger partial charge < -0.3 is 15.1 Å². The lowest BCUT2D eigenvalue weighted by molar-refractivity contribution is 0.0925. The molecular weight excluding hydrogens is 411 g/mol. The Morgan fingerprint density at radius 3 is 2.70 bits per heavy atom. The molecule has 7 heteroatoms. The van der Waals surface area contributed by atoms with Crippen molar-refractivity contribution in [2.24, 2.45) is 0 Å². The Balaban J connectivity index is 0.00000200. The summed E-state index contributed by atoms with van der Waals surface area (Å²) in [5, 5.41) is 6.76. The number of likely N-dealkylation sites (N-methyl/N-ethyl adjacent to an activating group) is 1. The first-order valence-electron chi connectivity index (χ1n) is 5.85. The molecule has 2 rings (SSSR count). The third kappa shape index (κ3) is 3.97. The van der Waals surface area contributed by atoms with Crippen molar-refractivity contribution in [1.82, 2.24) is 10.6 Å². The molecule has 0 saturated carbocycles. The predicted octanol–water partition coefficient (Wildman–Crippen LogP) is 3.72. The molecule has 1 unspecified atom stereocenters. The van der Waals surface area contributed by atoms with Gasteiger partial charge in [-0.1, -0.05) is 15.9 Å². The number of amides is 1. The number of hydrogen-bond acceptors (Lipinski definition) is 3. The predicted molar refractivity (Wildman–Crippen MR) is 89.7 cm³/mol. The van der Waals surface area contributed by atoms with Gasteiger partial charge in [0, 0.05) is 22.4 Å². The van der Waals surface area contributed by atoms with Crippen LogP contribution >= 0.6 is 44.3 Å². The van der Waals surface area contributed by atoms with E-state index in [1.54, 1.807) is 6.07 Å². The zero-order chi connectivity index (χ0) is 14.0. The first-order chi connectivity index (χ1) is 9.01. The molecule has 0 spiro atoms. The fraction of sp³-hybridized carbons (Fsp3) is 0.308. The highest BCUT2D eigenvalue weighted by Gasteiger charge is 2.14. The van der Waals surface area contributed by atoms with Crippen LogP contribution in [0.25, 0.3) is 11.0 Å². The van der Waals surface area contributed by atoms with Crippen molar-refractivity contribution in [3.05, 3.63) is 32.9 Å². The van der Waals surface area contributed by atoms with Crippen LogP contribution in [0.1, 0.15) is 17.5 Å². The van der Waals surface area contributed by atoms with Gasteiger partial charge in [0.2, 0.25) is 0 Å². The summed E-state index contributed by atoms with van der Waals surface area (Å²) in [5.74, 6) is 0.110. The van der Waals surface area contributed by atoms with E-state index in [0.717, 1.165) is 14.3 Å². The van der Waals surface area contributed by atoms with Gasteiger partial charge >= 0.3 is 0 Å². The fourth-order valence-electron chi connectivity index (χ4n) is 1.62. The Bertz CT molecular complexity index is 616. The maximum atomic E-state index is 12.0. The molecule has 0 aliphatic heterocycles. The number of benzene rings is 1. The Hall–Kier alpha value is -0.560. The van der Waals surface area contributed by atoms with Crippen molar-refractivity contribution in [3.8, 4) is 0 Å². The van der Waals surface area contributed by atoms with Crippen LogP contribution in [0.4, 0.5) is 0 Å². The topological polar surface area (TPSA) is 54.3 Å². The molecule has 0 radical (unpaired) electrons. The molecular formula is C13H15Br2ClN2O2. The van der Waals surface area contributed by atoms with Gasteiger partial charge in [0.25, 0.3) is 5.91 Å². The first kappa shape index (κ1) is 17.5. The van der Waals surface area contributed by atoms with E-state index in [9.17, 15) is 4.79 Å². The van der Waals surface area contributed by atoms with Gasteiger partial charge in [0.05, 0.1) is 4.47 Å². The Kier molecular flexibility index (Phi) is 6.51. The lowest BCUT2D eigenvalue weighted by Gasteiger charge is -2.09. The van der Waals surface area contributed by atoms with E-state index >= 15 is 0 Å². The normalized spacial score (nSPS) is 12.0. The molecule has 1 atom stereocenters. The standard InChI is InChI=1S/C13H14Br2N2O2.ClH/c1-7(16-2)6-17-13(18)11-4-8-3-9(14)5-10(15)12(8)19-11;/h3-5,7,16H,6H2,1-2H3,(H,17,18);1H. The second kappa shape index (κ2) is 7.45. The summed E-state index contributed by atoms with van der Waals surface area (Å²) in [7, 11) is 1.85. The summed E-state index contributed by atoms with van der Waals surface area (Å²) in [6.45, 7) is 2.55. The van der Waals surface area contributed by atoms with Crippen LogP contribution in [0.15, 0.2) is 31.6 Å². The fourth-order valence-corrected chi connectivity index (χ4v) is 2.96. The summed E-state index contributed by atoms with van der Waals surface area (Å²) in [6, 6.07) is 5.76. The Morgan fingerprint density at radius 2 is 2.05 bits per heavy atom. The van der Waals surface area contributed by atoms with E-state index in [2.05, 4.69) is 42.5 Å². The van der Waals surface area contributed by atoms with Crippen LogP contribution in [0.5, 0.6) is 0 Å². The van der Waals surface area contributed by atoms with Gasteiger partial charge in [-0.3, -0.25) is 4.79 Å². The number of carbonyl (C=O) groups is 1. The van der Waals surface area contributed by atoms with Crippen LogP contribution in [0.3, 0.4) is 0 Å². The van der Waals surface area contributed by atoms with Crippen molar-refractivity contribution < 1.29 is 9.21 Å². The quantitative estimate of drug-likeness (QED) is 0.784. The molecule has 1 amide bonds. The Morgan fingerprint density at radius 1 is 1.35 bits per heavy atom. The van der Waals surface area contributed by atoms with E-state index in [-0.39, 0.29) is 24.4 Å². The number of rotatable bonds is 4. The molecule has 1 aromatic carbocycles. The Labute approximate surface area is 140 Å². The van der Waals surface area contributed by atoms with Gasteiger partial charge in [0.1, 0.15) is 5.58 Å². The average molecular weight is 427 g/mol. The summed E-state index contributed by atoms with van der Waals surface area (Å²) < 4.78 is 7.33. The molecule has 4 nitrogen and oxygen atoms in total. The highest BCUT2D eigenvalue weighted by molar-refractivity contribution is 9.11. The summed E-state index contributed by atoms with van der Waals surface area (Å²) in [4.78, 5) is 12.0. The zero-order valence-electron chi connectivity index (χ0n) is 11.0. The van der Waals surface area contributed by atoms with Crippen LogP contribution < -0.4 is 10.6 Å². The molecule has 2 aromatic rings. The number of nitrogens with one attached hydrogen (secondary N) is 2. The monoisotopic (exact) mass is 424 g/mol. The van der Waals surface area contributed by atoms with E-state index in [4.69, 9.17) is 4.42 Å². The highest BCUT2D eigenvalue weighted by atomic mass is 79.9. The molecule has 20 heavy (non-hydrogen) atoms. The minimum absolute atomic E-state index is 0. The van der Waals surface area contributed by atoms with E-state index < -0.39 is 0 Å². The summed E-state index contributed by atoms with van der Waals surface area (Å²) >= 11 is 6.83. The molecule has 1 heterocycles. The van der Waals surface area contributed by atoms with Crippen molar-refractivity contribution in [1.29, 1.82) is 0 Å². The summed E-state index contributed by atoms with van der Waals surface area (Å²) in [5.41, 5.74) is 0.676. The van der Waals surface area contributed by atoms with E-state index in [1.165, 1.54) is 0 Å². The minimum Gasteiger partial charge on any atom is -0.450 e. The van der Waals surface area contributed by atoms with Crippen LogP contribution in [-0.4, -0.2) is 25.5 Å². The molecule has 0 bridgehead atoms. The molecule has 2 N–H and O–H groups in total. The SMILES string of the molecule is CNC(C)CNC(=O)c1cc2cc(Br)cc(Br)c2o1.Cl. The second-order valence-electron chi connectivity index (χ2n) is 4.32. The largest absolute Gasteiger partial charge is 0.450 e. The van der Waals surface area contributed by atoms with Crippen molar-refractivity contribution in [2.45, 2.75) is 13.0 Å². The maximum absolute atomic E-state index is 12.0. The van der Waals surface area contributed by atoms with Gasteiger partial charge in [-0.05, 0) is 48.1 Å². The number of halogens is 3. The number of hydrogen-bond donors (Lipinski definition) is 2. The van der Waals surface area contributed by atoms with Crippen molar-refractivity contribution in [2.75, 3.05) is 13.6 Å². The first-order valence-corrected chi connectivity index (χ1v) is 7.44. The molecule has 0 aliphatic carbocycles. The molecule has 0 aliphatic rings. The lowest BCUT2D eigenvalue weighted by atomic mass is 10.2. The van der Waals surface area contributed by atoms with Gasteiger partial charge in [-0.2, -0.15) is 0 Å². The molecule has 0 saturated heterocycles. The maximum Gasteiger partial charge on any atom is 0.287 e. The second-order valence-corrected chi connectivity index (χ2v) is 6.09. The third-order valence-corrected chi connectivity index (χ3v) is 3.87. The van der Waals surface area contributed by atoms with Gasteiger partial charge in [-0.25, -0.2) is 0 Å². The lowest BCUT2D eigenvalue weighted by Crippen LogP contribution is -2.36. The van der Waals surface area contributed by atoms with Gasteiger partial charge in [-0.15, -0.1) is 12.4 Å². The van der Waals surface area contributed by atoms with Crippen LogP contribution in [0, 0.1) is 0 Å². The van der Waals surface area contributed by atoms with Crippen molar-refractivity contribution >= 4 is 61.1 Å². The molecule has 110 valence electrons. The zero-order valence-corrected chi connectivity index (χ0v) is 15.0. The average Bonchev–Trinajstić information content (AvgIpc) is 2.79. The van der Waals surface area contributed by atoms with E-state index in [1.807, 2.05) is 26.1 Å². The smallest absolute Gasteiger partial charge is 0.287 e. The number of furan rings is 1. The van der Waals surface area contributed by atoms with Gasteiger partial charge in [0.15, 0.2) is 5.76 Å².